The third-order valence-corrected chi connectivity index (χ3v) is 3.66. The number of para-hydroxylation sites is 1. The number of nitrogens with one attached hydrogen (secondary N) is 1. The SMILES string of the molecule is CCC(c1c[nH]c2ccccc12)C(C)(N)C(N)=O. The Morgan fingerprint density at radius 3 is 2.72 bits per heavy atom. The fourth-order valence-corrected chi connectivity index (χ4v) is 2.52. The van der Waals surface area contributed by atoms with E-state index >= 15 is 0 Å². The van der Waals surface area contributed by atoms with Gasteiger partial charge in [0.2, 0.25) is 5.91 Å². The molecule has 2 unspecified atom stereocenters. The number of aromatic amines is 1. The summed E-state index contributed by atoms with van der Waals surface area (Å²) in [5.41, 5.74) is 12.6. The van der Waals surface area contributed by atoms with Crippen LogP contribution < -0.4 is 11.5 Å². The number of benzene rings is 1. The summed E-state index contributed by atoms with van der Waals surface area (Å²) < 4.78 is 0. The molecule has 0 saturated heterocycles. The van der Waals surface area contributed by atoms with Gasteiger partial charge in [-0.1, -0.05) is 25.1 Å². The van der Waals surface area contributed by atoms with Crippen molar-refractivity contribution in [2.75, 3.05) is 0 Å². The maximum atomic E-state index is 11.5. The lowest BCUT2D eigenvalue weighted by atomic mass is 9.79. The van der Waals surface area contributed by atoms with Crippen LogP contribution in [0.15, 0.2) is 30.5 Å². The van der Waals surface area contributed by atoms with Crippen LogP contribution in [0, 0.1) is 0 Å². The number of aromatic nitrogens is 1. The molecule has 96 valence electrons. The Hall–Kier alpha value is -1.81. The minimum Gasteiger partial charge on any atom is -0.368 e. The second kappa shape index (κ2) is 4.46. The third kappa shape index (κ3) is 1.88. The zero-order valence-corrected chi connectivity index (χ0v) is 10.7. The number of H-pyrrole nitrogens is 1. The third-order valence-electron chi connectivity index (χ3n) is 3.66. The van der Waals surface area contributed by atoms with E-state index in [2.05, 4.69) is 4.98 Å². The van der Waals surface area contributed by atoms with Crippen LogP contribution in [0.4, 0.5) is 0 Å². The van der Waals surface area contributed by atoms with Gasteiger partial charge in [-0.25, -0.2) is 0 Å². The van der Waals surface area contributed by atoms with Crippen LogP contribution in [0.2, 0.25) is 0 Å². The van der Waals surface area contributed by atoms with E-state index in [4.69, 9.17) is 11.5 Å². The van der Waals surface area contributed by atoms with Gasteiger partial charge >= 0.3 is 0 Å². The minimum absolute atomic E-state index is 0.0915. The highest BCUT2D eigenvalue weighted by Gasteiger charge is 2.36. The van der Waals surface area contributed by atoms with E-state index in [1.54, 1.807) is 6.92 Å². The Kier molecular flexibility index (Phi) is 3.13. The Balaban J connectivity index is 2.54. The molecule has 18 heavy (non-hydrogen) atoms. The molecular formula is C14H19N3O. The molecule has 0 aliphatic carbocycles. The number of hydrogen-bond donors (Lipinski definition) is 3. The molecule has 0 spiro atoms. The molecule has 1 amide bonds. The topological polar surface area (TPSA) is 84.9 Å². The van der Waals surface area contributed by atoms with Gasteiger partial charge in [-0.15, -0.1) is 0 Å². The molecule has 5 N–H and O–H groups in total. The highest BCUT2D eigenvalue weighted by molar-refractivity contribution is 5.88. The maximum absolute atomic E-state index is 11.5. The molecule has 0 fully saturated rings. The molecule has 1 aromatic heterocycles. The van der Waals surface area contributed by atoms with E-state index in [1.807, 2.05) is 37.4 Å². The lowest BCUT2D eigenvalue weighted by molar-refractivity contribution is -0.123. The second-order valence-corrected chi connectivity index (χ2v) is 4.90. The van der Waals surface area contributed by atoms with Gasteiger partial charge in [0, 0.05) is 23.0 Å². The molecule has 2 aromatic rings. The standard InChI is InChI=1S/C14H19N3O/c1-3-11(14(2,16)13(15)18)10-8-17-12-7-5-4-6-9(10)12/h4-8,11,17H,3,16H2,1-2H3,(H2,15,18). The Morgan fingerprint density at radius 2 is 2.11 bits per heavy atom. The number of hydrogen-bond acceptors (Lipinski definition) is 2. The quantitative estimate of drug-likeness (QED) is 0.768. The van der Waals surface area contributed by atoms with Crippen LogP contribution in [0.5, 0.6) is 0 Å². The fourth-order valence-electron chi connectivity index (χ4n) is 2.52. The molecule has 0 radical (unpaired) electrons. The minimum atomic E-state index is -1.04. The van der Waals surface area contributed by atoms with Crippen LogP contribution in [-0.4, -0.2) is 16.4 Å². The molecule has 0 aliphatic heterocycles. The molecule has 4 heteroatoms. The lowest BCUT2D eigenvalue weighted by Crippen LogP contribution is -2.53. The number of amides is 1. The first-order valence-electron chi connectivity index (χ1n) is 6.13. The molecule has 1 heterocycles. The van der Waals surface area contributed by atoms with Crippen molar-refractivity contribution in [2.24, 2.45) is 11.5 Å². The first kappa shape index (κ1) is 12.6. The predicted octanol–water partition coefficient (Wildman–Crippen LogP) is 1.86. The largest absolute Gasteiger partial charge is 0.368 e. The normalized spacial score (nSPS) is 16.4. The highest BCUT2D eigenvalue weighted by atomic mass is 16.1. The van der Waals surface area contributed by atoms with Crippen molar-refractivity contribution >= 4 is 16.8 Å². The summed E-state index contributed by atoms with van der Waals surface area (Å²) in [4.78, 5) is 14.7. The molecule has 0 saturated carbocycles. The number of carbonyl (C=O) groups is 1. The summed E-state index contributed by atoms with van der Waals surface area (Å²) in [5.74, 6) is -0.564. The van der Waals surface area contributed by atoms with Crippen LogP contribution in [0.3, 0.4) is 0 Å². The van der Waals surface area contributed by atoms with E-state index in [0.717, 1.165) is 22.9 Å². The zero-order chi connectivity index (χ0) is 13.3. The molecule has 1 aromatic carbocycles. The number of carbonyl (C=O) groups excluding carboxylic acids is 1. The van der Waals surface area contributed by atoms with Crippen molar-refractivity contribution in [1.29, 1.82) is 0 Å². The molecule has 2 rings (SSSR count). The van der Waals surface area contributed by atoms with E-state index in [1.165, 1.54) is 0 Å². The van der Waals surface area contributed by atoms with Gasteiger partial charge in [0.15, 0.2) is 0 Å². The van der Waals surface area contributed by atoms with Gasteiger partial charge in [-0.2, -0.15) is 0 Å². The zero-order valence-electron chi connectivity index (χ0n) is 10.7. The lowest BCUT2D eigenvalue weighted by Gasteiger charge is -2.30. The van der Waals surface area contributed by atoms with Crippen LogP contribution in [0.1, 0.15) is 31.7 Å². The van der Waals surface area contributed by atoms with E-state index < -0.39 is 11.4 Å². The summed E-state index contributed by atoms with van der Waals surface area (Å²) in [5, 5.41) is 1.10. The van der Waals surface area contributed by atoms with E-state index in [9.17, 15) is 4.79 Å². The first-order valence-corrected chi connectivity index (χ1v) is 6.13. The molecular weight excluding hydrogens is 226 g/mol. The number of primary amides is 1. The second-order valence-electron chi connectivity index (χ2n) is 4.90. The molecule has 4 nitrogen and oxygen atoms in total. The highest BCUT2D eigenvalue weighted by Crippen LogP contribution is 2.34. The summed E-state index contributed by atoms with van der Waals surface area (Å²) in [6.07, 6.45) is 2.69. The van der Waals surface area contributed by atoms with Crippen LogP contribution in [-0.2, 0) is 4.79 Å². The van der Waals surface area contributed by atoms with Crippen molar-refractivity contribution in [3.05, 3.63) is 36.0 Å². The average molecular weight is 245 g/mol. The van der Waals surface area contributed by atoms with Crippen molar-refractivity contribution in [3.8, 4) is 0 Å². The summed E-state index contributed by atoms with van der Waals surface area (Å²) in [7, 11) is 0. The molecule has 0 bridgehead atoms. The van der Waals surface area contributed by atoms with Crippen LogP contribution >= 0.6 is 0 Å². The summed E-state index contributed by atoms with van der Waals surface area (Å²) in [6, 6.07) is 7.98. The van der Waals surface area contributed by atoms with Crippen molar-refractivity contribution in [2.45, 2.75) is 31.7 Å². The van der Waals surface area contributed by atoms with Gasteiger partial charge in [0.05, 0.1) is 5.54 Å². The monoisotopic (exact) mass is 245 g/mol. The maximum Gasteiger partial charge on any atom is 0.237 e. The van der Waals surface area contributed by atoms with Gasteiger partial charge < -0.3 is 16.5 Å². The smallest absolute Gasteiger partial charge is 0.237 e. The molecule has 0 aliphatic rings. The predicted molar refractivity (Wildman–Crippen MR) is 73.1 cm³/mol. The summed E-state index contributed by atoms with van der Waals surface area (Å²) >= 11 is 0. The number of rotatable bonds is 4. The molecule has 2 atom stereocenters. The average Bonchev–Trinajstić information content (AvgIpc) is 2.74. The Morgan fingerprint density at radius 1 is 1.44 bits per heavy atom. The number of fused-ring (bicyclic) bond motifs is 1. The Labute approximate surface area is 106 Å². The van der Waals surface area contributed by atoms with Crippen molar-refractivity contribution < 1.29 is 4.79 Å². The van der Waals surface area contributed by atoms with E-state index in [-0.39, 0.29) is 5.92 Å². The first-order chi connectivity index (χ1) is 8.48. The van der Waals surface area contributed by atoms with Gasteiger partial charge in [0.1, 0.15) is 0 Å². The van der Waals surface area contributed by atoms with Crippen molar-refractivity contribution in [1.82, 2.24) is 4.98 Å². The Bertz CT molecular complexity index is 571. The van der Waals surface area contributed by atoms with E-state index in [0.29, 0.717) is 0 Å². The summed E-state index contributed by atoms with van der Waals surface area (Å²) in [6.45, 7) is 3.71. The van der Waals surface area contributed by atoms with Gasteiger partial charge in [-0.3, -0.25) is 4.79 Å². The fraction of sp³-hybridized carbons (Fsp3) is 0.357. The van der Waals surface area contributed by atoms with Crippen molar-refractivity contribution in [3.63, 3.8) is 0 Å². The van der Waals surface area contributed by atoms with Crippen LogP contribution in [0.25, 0.3) is 10.9 Å². The van der Waals surface area contributed by atoms with Gasteiger partial charge in [-0.05, 0) is 25.0 Å². The van der Waals surface area contributed by atoms with Gasteiger partial charge in [0.25, 0.3) is 0 Å². The number of nitrogens with two attached hydrogens (primary N) is 2.